The van der Waals surface area contributed by atoms with Gasteiger partial charge < -0.3 is 15.3 Å². The first-order chi connectivity index (χ1) is 6.57. The third kappa shape index (κ3) is 2.04. The quantitative estimate of drug-likeness (QED) is 0.654. The zero-order valence-corrected chi connectivity index (χ0v) is 8.49. The van der Waals surface area contributed by atoms with Crippen LogP contribution in [0.2, 0.25) is 0 Å². The second-order valence-corrected chi connectivity index (χ2v) is 3.54. The van der Waals surface area contributed by atoms with Crippen molar-refractivity contribution in [2.24, 2.45) is 0 Å². The van der Waals surface area contributed by atoms with Crippen molar-refractivity contribution in [1.82, 2.24) is 10.2 Å². The van der Waals surface area contributed by atoms with E-state index >= 15 is 0 Å². The molecule has 0 saturated carbocycles. The summed E-state index contributed by atoms with van der Waals surface area (Å²) in [6.45, 7) is 4.40. The molecule has 0 aromatic heterocycles. The van der Waals surface area contributed by atoms with E-state index in [1.807, 2.05) is 13.8 Å². The summed E-state index contributed by atoms with van der Waals surface area (Å²) in [4.78, 5) is 23.9. The van der Waals surface area contributed by atoms with Crippen molar-refractivity contribution in [2.45, 2.75) is 32.4 Å². The Morgan fingerprint density at radius 2 is 2.43 bits per heavy atom. The van der Waals surface area contributed by atoms with E-state index in [0.717, 1.165) is 6.42 Å². The van der Waals surface area contributed by atoms with E-state index in [9.17, 15) is 9.59 Å². The summed E-state index contributed by atoms with van der Waals surface area (Å²) in [6, 6.07) is -0.725. The van der Waals surface area contributed by atoms with E-state index < -0.39 is 12.0 Å². The van der Waals surface area contributed by atoms with E-state index in [1.54, 1.807) is 0 Å². The van der Waals surface area contributed by atoms with Crippen LogP contribution in [0.15, 0.2) is 0 Å². The second kappa shape index (κ2) is 4.41. The van der Waals surface area contributed by atoms with Crippen LogP contribution in [0.3, 0.4) is 0 Å². The number of nitrogens with zero attached hydrogens (tertiary/aromatic N) is 1. The Hall–Kier alpha value is -1.10. The van der Waals surface area contributed by atoms with Gasteiger partial charge in [0.05, 0.1) is 6.54 Å². The summed E-state index contributed by atoms with van der Waals surface area (Å²) in [5.41, 5.74) is 0. The normalized spacial score (nSPS) is 24.9. The number of carbonyl (C=O) groups is 2. The first-order valence-corrected chi connectivity index (χ1v) is 4.82. The predicted molar refractivity (Wildman–Crippen MR) is 50.9 cm³/mol. The molecular formula is C9H16N2O3. The Morgan fingerprint density at radius 3 is 2.93 bits per heavy atom. The second-order valence-electron chi connectivity index (χ2n) is 3.54. The lowest BCUT2D eigenvalue weighted by Crippen LogP contribution is -2.60. The summed E-state index contributed by atoms with van der Waals surface area (Å²) in [5.74, 6) is -1.07. The highest BCUT2D eigenvalue weighted by Crippen LogP contribution is 2.12. The molecule has 5 heteroatoms. The molecule has 80 valence electrons. The van der Waals surface area contributed by atoms with Crippen LogP contribution in [0.5, 0.6) is 0 Å². The highest BCUT2D eigenvalue weighted by atomic mass is 16.4. The lowest BCUT2D eigenvalue weighted by Gasteiger charge is -2.37. The van der Waals surface area contributed by atoms with Crippen LogP contribution in [0.25, 0.3) is 0 Å². The predicted octanol–water partition coefficient (Wildman–Crippen LogP) is -0.330. The van der Waals surface area contributed by atoms with E-state index in [-0.39, 0.29) is 18.5 Å². The smallest absolute Gasteiger partial charge is 0.327 e. The average Bonchev–Trinajstić information content (AvgIpc) is 2.16. The fourth-order valence-electron chi connectivity index (χ4n) is 1.64. The molecule has 2 atom stereocenters. The maximum Gasteiger partial charge on any atom is 0.327 e. The van der Waals surface area contributed by atoms with Crippen molar-refractivity contribution in [3.63, 3.8) is 0 Å². The van der Waals surface area contributed by atoms with Gasteiger partial charge in [-0.25, -0.2) is 4.79 Å². The van der Waals surface area contributed by atoms with Gasteiger partial charge in [0.1, 0.15) is 6.04 Å². The van der Waals surface area contributed by atoms with Crippen LogP contribution >= 0.6 is 0 Å². The van der Waals surface area contributed by atoms with Crippen LogP contribution < -0.4 is 5.32 Å². The number of carboxylic acid groups (broad SMARTS) is 1. The number of hydrogen-bond donors (Lipinski definition) is 2. The maximum atomic E-state index is 11.5. The number of hydrogen-bond acceptors (Lipinski definition) is 3. The van der Waals surface area contributed by atoms with Gasteiger partial charge in [-0.2, -0.15) is 0 Å². The number of carboxylic acids is 1. The van der Waals surface area contributed by atoms with Crippen LogP contribution in [0.1, 0.15) is 20.3 Å². The van der Waals surface area contributed by atoms with E-state index in [1.165, 1.54) is 4.90 Å². The molecule has 0 bridgehead atoms. The van der Waals surface area contributed by atoms with E-state index in [4.69, 9.17) is 5.11 Å². The number of rotatable bonds is 3. The van der Waals surface area contributed by atoms with Gasteiger partial charge in [-0.15, -0.1) is 0 Å². The maximum absolute atomic E-state index is 11.5. The summed E-state index contributed by atoms with van der Waals surface area (Å²) >= 11 is 0. The zero-order valence-electron chi connectivity index (χ0n) is 8.49. The molecule has 1 fully saturated rings. The lowest BCUT2D eigenvalue weighted by molar-refractivity contribution is -0.154. The summed E-state index contributed by atoms with van der Waals surface area (Å²) in [7, 11) is 0. The minimum absolute atomic E-state index is 0.00861. The van der Waals surface area contributed by atoms with Gasteiger partial charge in [-0.1, -0.05) is 6.92 Å². The molecule has 1 heterocycles. The Kier molecular flexibility index (Phi) is 3.46. The van der Waals surface area contributed by atoms with Gasteiger partial charge in [0, 0.05) is 12.6 Å². The molecule has 0 spiro atoms. The number of carbonyl (C=O) groups excluding carboxylic acids is 1. The third-order valence-corrected chi connectivity index (χ3v) is 2.59. The van der Waals surface area contributed by atoms with Crippen molar-refractivity contribution >= 4 is 11.9 Å². The number of piperazine rings is 1. The van der Waals surface area contributed by atoms with Gasteiger partial charge >= 0.3 is 5.97 Å². The Balaban J connectivity index is 2.81. The van der Waals surface area contributed by atoms with Crippen molar-refractivity contribution in [3.05, 3.63) is 0 Å². The standard InChI is InChI=1S/C9H16N2O3/c1-3-6(2)11-7(9(13)14)4-10-5-8(11)12/h6-7,10H,3-5H2,1-2H3,(H,13,14). The molecule has 1 aliphatic heterocycles. The van der Waals surface area contributed by atoms with Crippen molar-refractivity contribution in [2.75, 3.05) is 13.1 Å². The number of nitrogens with one attached hydrogen (secondary N) is 1. The van der Waals surface area contributed by atoms with Crippen molar-refractivity contribution < 1.29 is 14.7 Å². The molecule has 0 aromatic carbocycles. The number of amides is 1. The molecule has 5 nitrogen and oxygen atoms in total. The van der Waals surface area contributed by atoms with E-state index in [0.29, 0.717) is 6.54 Å². The van der Waals surface area contributed by atoms with Gasteiger partial charge in [0.25, 0.3) is 0 Å². The Bertz CT molecular complexity index is 242. The minimum Gasteiger partial charge on any atom is -0.480 e. The SMILES string of the molecule is CCC(C)N1C(=O)CNCC1C(=O)O. The molecule has 0 radical (unpaired) electrons. The van der Waals surface area contributed by atoms with Gasteiger partial charge in [0.2, 0.25) is 5.91 Å². The summed E-state index contributed by atoms with van der Waals surface area (Å²) in [5, 5.41) is 11.7. The Morgan fingerprint density at radius 1 is 1.79 bits per heavy atom. The summed E-state index contributed by atoms with van der Waals surface area (Å²) in [6.07, 6.45) is 0.773. The third-order valence-electron chi connectivity index (χ3n) is 2.59. The molecule has 14 heavy (non-hydrogen) atoms. The van der Waals surface area contributed by atoms with Crippen LogP contribution in [-0.4, -0.2) is 47.1 Å². The van der Waals surface area contributed by atoms with E-state index in [2.05, 4.69) is 5.32 Å². The highest BCUT2D eigenvalue weighted by molar-refractivity contribution is 5.86. The lowest BCUT2D eigenvalue weighted by atomic mass is 10.1. The van der Waals surface area contributed by atoms with Crippen LogP contribution in [-0.2, 0) is 9.59 Å². The molecule has 1 aliphatic rings. The molecule has 2 unspecified atom stereocenters. The fraction of sp³-hybridized carbons (Fsp3) is 0.778. The molecular weight excluding hydrogens is 184 g/mol. The molecule has 1 rings (SSSR count). The monoisotopic (exact) mass is 200 g/mol. The largest absolute Gasteiger partial charge is 0.480 e. The van der Waals surface area contributed by atoms with Gasteiger partial charge in [-0.05, 0) is 13.3 Å². The molecule has 1 saturated heterocycles. The van der Waals surface area contributed by atoms with Crippen LogP contribution in [0, 0.1) is 0 Å². The van der Waals surface area contributed by atoms with Crippen molar-refractivity contribution in [1.29, 1.82) is 0 Å². The number of aliphatic carboxylic acids is 1. The molecule has 0 aromatic rings. The fourth-order valence-corrected chi connectivity index (χ4v) is 1.64. The topological polar surface area (TPSA) is 69.6 Å². The highest BCUT2D eigenvalue weighted by Gasteiger charge is 2.35. The van der Waals surface area contributed by atoms with Gasteiger partial charge in [-0.3, -0.25) is 4.79 Å². The average molecular weight is 200 g/mol. The zero-order chi connectivity index (χ0) is 10.7. The first kappa shape index (κ1) is 11.0. The Labute approximate surface area is 83.1 Å². The van der Waals surface area contributed by atoms with Crippen molar-refractivity contribution in [3.8, 4) is 0 Å². The molecule has 0 aliphatic carbocycles. The van der Waals surface area contributed by atoms with Crippen LogP contribution in [0.4, 0.5) is 0 Å². The summed E-state index contributed by atoms with van der Waals surface area (Å²) < 4.78 is 0. The minimum atomic E-state index is -0.939. The van der Waals surface area contributed by atoms with Gasteiger partial charge in [0.15, 0.2) is 0 Å². The molecule has 2 N–H and O–H groups in total. The molecule has 1 amide bonds. The first-order valence-electron chi connectivity index (χ1n) is 4.82.